The number of esters is 1. The highest BCUT2D eigenvalue weighted by atomic mass is 31.2. The van der Waals surface area contributed by atoms with Crippen molar-refractivity contribution in [3.8, 4) is 11.8 Å². The van der Waals surface area contributed by atoms with Crippen LogP contribution in [0.2, 0.25) is 0 Å². The number of fused-ring (bicyclic) bond motifs is 1. The Bertz CT molecular complexity index is 1780. The number of aromatic nitrogens is 3. The predicted octanol–water partition coefficient (Wildman–Crippen LogP) is 4.54. The molecule has 0 saturated carbocycles. The molecule has 15 heteroatoms. The Morgan fingerprint density at radius 2 is 1.84 bits per heavy atom. The first kappa shape index (κ1) is 35.9. The van der Waals surface area contributed by atoms with E-state index in [1.165, 1.54) is 17.8 Å². The number of carbonyl (C=O) groups excluding carboxylic acids is 1. The average molecular weight is 693 g/mol. The van der Waals surface area contributed by atoms with Crippen molar-refractivity contribution in [3.05, 3.63) is 90.4 Å². The number of nitrogen functional groups attached to an aromatic ring is 1. The zero-order chi connectivity index (χ0) is 35.0. The summed E-state index contributed by atoms with van der Waals surface area (Å²) in [6.45, 7) is 5.24. The molecule has 1 fully saturated rings. The molecule has 5 rings (SSSR count). The maximum Gasteiger partial charge on any atom is 0.459 e. The van der Waals surface area contributed by atoms with Gasteiger partial charge in [-0.2, -0.15) is 15.4 Å². The van der Waals surface area contributed by atoms with Gasteiger partial charge in [-0.1, -0.05) is 75.2 Å². The first-order valence-electron chi connectivity index (χ1n) is 16.1. The van der Waals surface area contributed by atoms with Gasteiger partial charge in [-0.3, -0.25) is 9.32 Å². The molecule has 4 N–H and O–H groups in total. The molecule has 1 aliphatic rings. The summed E-state index contributed by atoms with van der Waals surface area (Å²) in [4.78, 5) is 16.9. The standard InChI is InChI=1S/C34H41N6O8P/c1-4-24(5-2)18-45-33(42)23(3)39-49(43,48-26-14-10-7-11-15-26)46-20-28-30(41)31(44-19-25-12-8-6-9-13-25)34(21-35,47-28)29-17-16-27-32(36)37-22-38-40(27)29/h6-17,22-24,28,30-31,41H,4-5,18-20H2,1-3H3,(H,39,43)(H2,36,37,38)/t23-,28+,30+,31+,34-,49+/m0/s1. The van der Waals surface area contributed by atoms with Crippen molar-refractivity contribution in [1.29, 1.82) is 5.26 Å². The van der Waals surface area contributed by atoms with Crippen LogP contribution in [0.3, 0.4) is 0 Å². The summed E-state index contributed by atoms with van der Waals surface area (Å²) in [5.74, 6) is -0.0639. The maximum atomic E-state index is 14.2. The molecule has 2 aromatic carbocycles. The maximum absolute atomic E-state index is 14.2. The molecule has 2 aromatic heterocycles. The Morgan fingerprint density at radius 3 is 2.51 bits per heavy atom. The van der Waals surface area contributed by atoms with E-state index in [2.05, 4.69) is 21.2 Å². The van der Waals surface area contributed by atoms with E-state index in [4.69, 9.17) is 29.0 Å². The fourth-order valence-corrected chi connectivity index (χ4v) is 7.03. The molecule has 0 amide bonds. The second kappa shape index (κ2) is 15.9. The van der Waals surface area contributed by atoms with Gasteiger partial charge in [0, 0.05) is 0 Å². The van der Waals surface area contributed by atoms with E-state index in [-0.39, 0.29) is 36.4 Å². The summed E-state index contributed by atoms with van der Waals surface area (Å²) in [5, 5.41) is 29.3. The minimum Gasteiger partial charge on any atom is -0.464 e. The molecule has 3 heterocycles. The van der Waals surface area contributed by atoms with Gasteiger partial charge in [-0.25, -0.2) is 14.1 Å². The molecule has 0 aliphatic carbocycles. The smallest absolute Gasteiger partial charge is 0.459 e. The Labute approximate surface area is 284 Å². The van der Waals surface area contributed by atoms with E-state index in [1.54, 1.807) is 42.5 Å². The number of carbonyl (C=O) groups is 1. The SMILES string of the molecule is CCC(CC)COC(=O)[C@H](C)N[P@@](=O)(OC[C@H]1O[C@@](C#N)(c2ccc3c(N)ncnn23)[C@H](OCc2ccccc2)[C@@H]1O)Oc1ccccc1. The zero-order valence-corrected chi connectivity index (χ0v) is 28.4. The molecule has 6 atom stereocenters. The summed E-state index contributed by atoms with van der Waals surface area (Å²) >= 11 is 0. The Kier molecular flexibility index (Phi) is 11.7. The van der Waals surface area contributed by atoms with Crippen LogP contribution >= 0.6 is 7.75 Å². The molecule has 0 bridgehead atoms. The second-order valence-corrected chi connectivity index (χ2v) is 13.4. The number of rotatable bonds is 16. The lowest BCUT2D eigenvalue weighted by Gasteiger charge is -2.28. The van der Waals surface area contributed by atoms with Crippen molar-refractivity contribution in [1.82, 2.24) is 19.7 Å². The van der Waals surface area contributed by atoms with Crippen LogP contribution in [0.4, 0.5) is 5.82 Å². The third-order valence-corrected chi connectivity index (χ3v) is 10.1. The van der Waals surface area contributed by atoms with E-state index in [9.17, 15) is 19.7 Å². The quantitative estimate of drug-likeness (QED) is 0.110. The van der Waals surface area contributed by atoms with Crippen LogP contribution in [0.15, 0.2) is 79.1 Å². The number of hydrogen-bond acceptors (Lipinski definition) is 12. The van der Waals surface area contributed by atoms with E-state index >= 15 is 0 Å². The highest BCUT2D eigenvalue weighted by Crippen LogP contribution is 2.48. The largest absolute Gasteiger partial charge is 0.464 e. The van der Waals surface area contributed by atoms with Crippen LogP contribution in [0.1, 0.15) is 44.9 Å². The van der Waals surface area contributed by atoms with E-state index in [0.717, 1.165) is 18.4 Å². The van der Waals surface area contributed by atoms with Crippen molar-refractivity contribution in [2.45, 2.75) is 70.2 Å². The summed E-state index contributed by atoms with van der Waals surface area (Å²) in [7, 11) is -4.34. The average Bonchev–Trinajstić information content (AvgIpc) is 3.67. The summed E-state index contributed by atoms with van der Waals surface area (Å²) in [6.07, 6.45) is -1.05. The number of aliphatic hydroxyl groups excluding tert-OH is 1. The number of aliphatic hydroxyl groups is 1. The minimum absolute atomic E-state index is 0.0388. The normalized spacial score (nSPS) is 22.4. The topological polar surface area (TPSA) is 193 Å². The van der Waals surface area contributed by atoms with Crippen molar-refractivity contribution in [3.63, 3.8) is 0 Å². The summed E-state index contributed by atoms with van der Waals surface area (Å²) in [5.41, 5.74) is 5.59. The van der Waals surface area contributed by atoms with Gasteiger partial charge in [-0.05, 0) is 42.7 Å². The number of anilines is 1. The van der Waals surface area contributed by atoms with Crippen molar-refractivity contribution in [2.75, 3.05) is 18.9 Å². The Balaban J connectivity index is 1.41. The molecular weight excluding hydrogens is 651 g/mol. The van der Waals surface area contributed by atoms with Crippen LogP contribution < -0.4 is 15.3 Å². The van der Waals surface area contributed by atoms with Gasteiger partial charge in [0.25, 0.3) is 0 Å². The number of nitrogens with two attached hydrogens (primary N) is 1. The molecule has 0 spiro atoms. The lowest BCUT2D eigenvalue weighted by Crippen LogP contribution is -2.43. The van der Waals surface area contributed by atoms with Crippen LogP contribution in [-0.2, 0) is 40.3 Å². The number of nitrogens with one attached hydrogen (secondary N) is 1. The molecular formula is C34H41N6O8P. The van der Waals surface area contributed by atoms with Gasteiger partial charge in [0.05, 0.1) is 25.5 Å². The fourth-order valence-electron chi connectivity index (χ4n) is 5.53. The lowest BCUT2D eigenvalue weighted by atomic mass is 9.92. The van der Waals surface area contributed by atoms with Crippen molar-refractivity contribution < 1.29 is 37.7 Å². The van der Waals surface area contributed by atoms with Crippen molar-refractivity contribution in [2.24, 2.45) is 5.92 Å². The first-order valence-corrected chi connectivity index (χ1v) is 17.6. The lowest BCUT2D eigenvalue weighted by molar-refractivity contribution is -0.146. The number of hydrogen-bond donors (Lipinski definition) is 3. The third-order valence-electron chi connectivity index (χ3n) is 8.43. The highest BCUT2D eigenvalue weighted by Gasteiger charge is 2.59. The summed E-state index contributed by atoms with van der Waals surface area (Å²) < 4.78 is 45.3. The number of benzene rings is 2. The summed E-state index contributed by atoms with van der Waals surface area (Å²) in [6, 6.07) is 21.8. The van der Waals surface area contributed by atoms with Gasteiger partial charge >= 0.3 is 13.7 Å². The number of ether oxygens (including phenoxy) is 3. The molecule has 0 radical (unpaired) electrons. The van der Waals surface area contributed by atoms with Gasteiger partial charge in [0.1, 0.15) is 48.0 Å². The molecule has 1 saturated heterocycles. The number of nitrogens with zero attached hydrogens (tertiary/aromatic N) is 4. The van der Waals surface area contributed by atoms with Crippen LogP contribution in [0.25, 0.3) is 5.52 Å². The van der Waals surface area contributed by atoms with Crippen LogP contribution in [-0.4, -0.2) is 63.2 Å². The molecule has 49 heavy (non-hydrogen) atoms. The number of nitriles is 1. The Hall–Kier alpha value is -4.35. The van der Waals surface area contributed by atoms with Crippen LogP contribution in [0, 0.1) is 17.2 Å². The molecule has 0 unspecified atom stereocenters. The highest BCUT2D eigenvalue weighted by molar-refractivity contribution is 7.52. The van der Waals surface area contributed by atoms with Gasteiger partial charge in [0.2, 0.25) is 5.60 Å². The van der Waals surface area contributed by atoms with E-state index in [0.29, 0.717) is 5.52 Å². The van der Waals surface area contributed by atoms with Gasteiger partial charge < -0.3 is 29.6 Å². The van der Waals surface area contributed by atoms with Gasteiger partial charge in [-0.15, -0.1) is 0 Å². The molecule has 4 aromatic rings. The minimum atomic E-state index is -4.34. The predicted molar refractivity (Wildman–Crippen MR) is 179 cm³/mol. The third kappa shape index (κ3) is 8.11. The fraction of sp³-hybridized carbons (Fsp3) is 0.412. The monoisotopic (exact) mass is 692 g/mol. The second-order valence-electron chi connectivity index (χ2n) is 11.7. The first-order chi connectivity index (χ1) is 23.6. The van der Waals surface area contributed by atoms with E-state index in [1.807, 2.05) is 44.2 Å². The Morgan fingerprint density at radius 1 is 1.14 bits per heavy atom. The molecule has 260 valence electrons. The van der Waals surface area contributed by atoms with Crippen molar-refractivity contribution >= 4 is 25.1 Å². The zero-order valence-electron chi connectivity index (χ0n) is 27.5. The number of para-hydroxylation sites is 1. The van der Waals surface area contributed by atoms with E-state index < -0.39 is 50.3 Å². The molecule has 14 nitrogen and oxygen atoms in total. The van der Waals surface area contributed by atoms with Crippen LogP contribution in [0.5, 0.6) is 5.75 Å². The van der Waals surface area contributed by atoms with Gasteiger partial charge in [0.15, 0.2) is 5.82 Å². The molecule has 1 aliphatic heterocycles.